The number of hydrogen-bond donors (Lipinski definition) is 9. The summed E-state index contributed by atoms with van der Waals surface area (Å²) in [4.78, 5) is 49.8. The molecule has 0 aliphatic carbocycles. The minimum absolute atomic E-state index is 0.197. The zero-order chi connectivity index (χ0) is 26.8. The summed E-state index contributed by atoms with van der Waals surface area (Å²) in [6.45, 7) is 2.53. The van der Waals surface area contributed by atoms with Crippen LogP contribution in [0.25, 0.3) is 0 Å². The van der Waals surface area contributed by atoms with Gasteiger partial charge in [-0.15, -0.1) is 0 Å². The number of rotatable bonds is 20. The number of carboxylic acid groups (broad SMARTS) is 1. The second kappa shape index (κ2) is 18.9. The summed E-state index contributed by atoms with van der Waals surface area (Å²) >= 11 is 0. The molecule has 0 heterocycles. The Morgan fingerprint density at radius 1 is 0.686 bits per heavy atom. The Bertz CT molecular complexity index is 650. The van der Waals surface area contributed by atoms with Gasteiger partial charge in [-0.3, -0.25) is 14.4 Å². The first kappa shape index (κ1) is 32.7. The number of aliphatic hydroxyl groups excluding tert-OH is 1. The van der Waals surface area contributed by atoms with Gasteiger partial charge in [0.15, 0.2) is 6.04 Å². The van der Waals surface area contributed by atoms with Gasteiger partial charge in [0.05, 0.1) is 12.1 Å². The van der Waals surface area contributed by atoms with Crippen LogP contribution in [0.5, 0.6) is 0 Å². The lowest BCUT2D eigenvalue weighted by atomic mass is 10.0. The van der Waals surface area contributed by atoms with Crippen molar-refractivity contribution in [2.45, 2.75) is 95.0 Å². The zero-order valence-corrected chi connectivity index (χ0v) is 20.7. The van der Waals surface area contributed by atoms with Crippen molar-refractivity contribution in [2.75, 3.05) is 19.6 Å². The largest absolute Gasteiger partial charge is 0.480 e. The maximum Gasteiger partial charge on any atom is 0.328 e. The lowest BCUT2D eigenvalue weighted by Crippen LogP contribution is -2.58. The fourth-order valence-corrected chi connectivity index (χ4v) is 3.36. The quantitative estimate of drug-likeness (QED) is 0.0797. The molecule has 0 fully saturated rings. The second-order valence-corrected chi connectivity index (χ2v) is 8.65. The summed E-state index contributed by atoms with van der Waals surface area (Å²) in [7, 11) is 0. The smallest absolute Gasteiger partial charge is 0.328 e. The molecule has 0 saturated carbocycles. The fourth-order valence-electron chi connectivity index (χ4n) is 3.36. The first-order valence-corrected chi connectivity index (χ1v) is 12.3. The maximum atomic E-state index is 13.1. The van der Waals surface area contributed by atoms with Crippen LogP contribution in [0.15, 0.2) is 0 Å². The normalized spacial score (nSPS) is 15.4. The van der Waals surface area contributed by atoms with E-state index in [0.29, 0.717) is 58.2 Å². The van der Waals surface area contributed by atoms with E-state index in [1.165, 1.54) is 6.92 Å². The molecule has 0 aromatic heterocycles. The molecule has 13 N–H and O–H groups in total. The highest BCUT2D eigenvalue weighted by Crippen LogP contribution is 2.07. The molecule has 204 valence electrons. The van der Waals surface area contributed by atoms with Crippen LogP contribution in [-0.4, -0.2) is 83.8 Å². The number of amides is 3. The molecule has 5 unspecified atom stereocenters. The van der Waals surface area contributed by atoms with Crippen molar-refractivity contribution in [2.24, 2.45) is 22.9 Å². The van der Waals surface area contributed by atoms with Gasteiger partial charge < -0.3 is 49.1 Å². The molecule has 5 atom stereocenters. The molecule has 35 heavy (non-hydrogen) atoms. The number of unbranched alkanes of at least 4 members (excludes halogenated alkanes) is 3. The predicted molar refractivity (Wildman–Crippen MR) is 132 cm³/mol. The molecule has 0 aromatic rings. The number of nitrogens with one attached hydrogen (secondary N) is 3. The van der Waals surface area contributed by atoms with Gasteiger partial charge in [-0.1, -0.05) is 6.42 Å². The van der Waals surface area contributed by atoms with Gasteiger partial charge in [-0.2, -0.15) is 0 Å². The van der Waals surface area contributed by atoms with Crippen LogP contribution in [0, 0.1) is 0 Å². The Kier molecular flexibility index (Phi) is 17.7. The molecule has 0 saturated heterocycles. The zero-order valence-electron chi connectivity index (χ0n) is 20.7. The van der Waals surface area contributed by atoms with E-state index in [9.17, 15) is 29.4 Å². The highest BCUT2D eigenvalue weighted by Gasteiger charge is 2.31. The lowest BCUT2D eigenvalue weighted by Gasteiger charge is -2.26. The number of nitrogens with two attached hydrogens (primary N) is 4. The maximum absolute atomic E-state index is 13.1. The summed E-state index contributed by atoms with van der Waals surface area (Å²) in [5.74, 6) is -3.24. The molecule has 13 heteroatoms. The molecule has 0 rings (SSSR count). The van der Waals surface area contributed by atoms with E-state index in [2.05, 4.69) is 16.0 Å². The van der Waals surface area contributed by atoms with Gasteiger partial charge in [0, 0.05) is 0 Å². The standard InChI is InChI=1S/C22H45N7O6/c1-14(30)18(22(34)35)29-21(33)17(10-4-7-13-25)28-20(32)16(9-3-6-12-24)27-19(31)15(26)8-2-5-11-23/h14-18,30H,2-13,23-26H2,1H3,(H,27,31)(H,28,32)(H,29,33)(H,34,35). The van der Waals surface area contributed by atoms with Crippen LogP contribution in [0.1, 0.15) is 64.7 Å². The number of carboxylic acids is 1. The van der Waals surface area contributed by atoms with Crippen LogP contribution in [0.3, 0.4) is 0 Å². The number of aliphatic carboxylic acids is 1. The highest BCUT2D eigenvalue weighted by atomic mass is 16.4. The van der Waals surface area contributed by atoms with Crippen molar-refractivity contribution < 1.29 is 29.4 Å². The Hall–Kier alpha value is -2.32. The topological polar surface area (TPSA) is 249 Å². The molecule has 0 spiro atoms. The summed E-state index contributed by atoms with van der Waals surface area (Å²) < 4.78 is 0. The summed E-state index contributed by atoms with van der Waals surface area (Å²) in [6, 6.07) is -4.38. The van der Waals surface area contributed by atoms with Crippen molar-refractivity contribution in [3.05, 3.63) is 0 Å². The van der Waals surface area contributed by atoms with Crippen LogP contribution >= 0.6 is 0 Å². The predicted octanol–water partition coefficient (Wildman–Crippen LogP) is -2.38. The van der Waals surface area contributed by atoms with Crippen molar-refractivity contribution in [1.29, 1.82) is 0 Å². The van der Waals surface area contributed by atoms with E-state index < -0.39 is 54.0 Å². The molecule has 0 aliphatic heterocycles. The van der Waals surface area contributed by atoms with E-state index in [-0.39, 0.29) is 12.8 Å². The average molecular weight is 504 g/mol. The number of carbonyl (C=O) groups excluding carboxylic acids is 3. The van der Waals surface area contributed by atoms with Crippen molar-refractivity contribution in [3.8, 4) is 0 Å². The Labute approximate surface area is 207 Å². The lowest BCUT2D eigenvalue weighted by molar-refractivity contribution is -0.145. The third-order valence-corrected chi connectivity index (χ3v) is 5.51. The Morgan fingerprint density at radius 3 is 1.49 bits per heavy atom. The molecular formula is C22H45N7O6. The molecule has 0 aromatic carbocycles. The van der Waals surface area contributed by atoms with Gasteiger partial charge in [0.1, 0.15) is 12.1 Å². The third-order valence-electron chi connectivity index (χ3n) is 5.51. The van der Waals surface area contributed by atoms with Gasteiger partial charge in [-0.05, 0) is 77.9 Å². The summed E-state index contributed by atoms with van der Waals surface area (Å²) in [6.07, 6.45) is 3.24. The number of carbonyl (C=O) groups is 4. The SMILES string of the molecule is CC(O)C(NC(=O)C(CCCCN)NC(=O)C(CCCCN)NC(=O)C(N)CCCCN)C(=O)O. The monoisotopic (exact) mass is 503 g/mol. The Balaban J connectivity index is 5.44. The first-order valence-electron chi connectivity index (χ1n) is 12.3. The van der Waals surface area contributed by atoms with Gasteiger partial charge in [0.25, 0.3) is 0 Å². The molecule has 3 amide bonds. The van der Waals surface area contributed by atoms with Gasteiger partial charge in [-0.25, -0.2) is 4.79 Å². The molecule has 0 bridgehead atoms. The first-order chi connectivity index (χ1) is 16.6. The Morgan fingerprint density at radius 2 is 1.09 bits per heavy atom. The van der Waals surface area contributed by atoms with Gasteiger partial charge in [0.2, 0.25) is 17.7 Å². The van der Waals surface area contributed by atoms with Crippen molar-refractivity contribution >= 4 is 23.7 Å². The average Bonchev–Trinajstić information content (AvgIpc) is 2.80. The van der Waals surface area contributed by atoms with E-state index in [1.807, 2.05) is 0 Å². The van der Waals surface area contributed by atoms with E-state index in [4.69, 9.17) is 22.9 Å². The second-order valence-electron chi connectivity index (χ2n) is 8.65. The molecule has 13 nitrogen and oxygen atoms in total. The number of aliphatic hydroxyl groups is 1. The molecule has 0 aliphatic rings. The van der Waals surface area contributed by atoms with Crippen LogP contribution < -0.4 is 38.9 Å². The minimum atomic E-state index is -1.54. The number of hydrogen-bond acceptors (Lipinski definition) is 9. The minimum Gasteiger partial charge on any atom is -0.480 e. The van der Waals surface area contributed by atoms with Crippen molar-refractivity contribution in [3.63, 3.8) is 0 Å². The third kappa shape index (κ3) is 14.0. The van der Waals surface area contributed by atoms with Crippen LogP contribution in [-0.2, 0) is 19.2 Å². The van der Waals surface area contributed by atoms with Crippen LogP contribution in [0.4, 0.5) is 0 Å². The van der Waals surface area contributed by atoms with Crippen LogP contribution in [0.2, 0.25) is 0 Å². The summed E-state index contributed by atoms with van der Waals surface area (Å²) in [5, 5.41) is 26.5. The fraction of sp³-hybridized carbons (Fsp3) is 0.818. The van der Waals surface area contributed by atoms with Crippen molar-refractivity contribution in [1.82, 2.24) is 16.0 Å². The van der Waals surface area contributed by atoms with E-state index in [0.717, 1.165) is 6.42 Å². The highest BCUT2D eigenvalue weighted by molar-refractivity contribution is 5.94. The summed E-state index contributed by atoms with van der Waals surface area (Å²) in [5.41, 5.74) is 22.5. The van der Waals surface area contributed by atoms with E-state index >= 15 is 0 Å². The molecule has 0 radical (unpaired) electrons. The molecular weight excluding hydrogens is 458 g/mol. The van der Waals surface area contributed by atoms with E-state index in [1.54, 1.807) is 0 Å². The van der Waals surface area contributed by atoms with Gasteiger partial charge >= 0.3 is 5.97 Å².